The second-order valence-corrected chi connectivity index (χ2v) is 5.31. The molecule has 0 unspecified atom stereocenters. The first kappa shape index (κ1) is 15.1. The lowest BCUT2D eigenvalue weighted by atomic mass is 10.2. The van der Waals surface area contributed by atoms with Crippen LogP contribution in [0.3, 0.4) is 0 Å². The quantitative estimate of drug-likeness (QED) is 0.885. The Hall–Kier alpha value is -2.30. The maximum Gasteiger partial charge on any atom is 0.270 e. The number of carbonyl (C=O) groups excluding carboxylic acids is 2. The summed E-state index contributed by atoms with van der Waals surface area (Å²) < 4.78 is 0. The molecule has 5 nitrogen and oxygen atoms in total. The van der Waals surface area contributed by atoms with Gasteiger partial charge in [-0.2, -0.15) is 0 Å². The van der Waals surface area contributed by atoms with Crippen LogP contribution < -0.4 is 5.32 Å². The van der Waals surface area contributed by atoms with Crippen molar-refractivity contribution in [3.8, 4) is 0 Å². The molecule has 0 aliphatic carbocycles. The van der Waals surface area contributed by atoms with E-state index in [0.717, 1.165) is 10.9 Å². The van der Waals surface area contributed by atoms with E-state index in [1.54, 1.807) is 0 Å². The molecular weight excluding hydrogens is 266 g/mol. The van der Waals surface area contributed by atoms with E-state index in [1.165, 1.54) is 4.90 Å². The Morgan fingerprint density at radius 3 is 2.62 bits per heavy atom. The standard InChI is InChI=1S/C16H21N3O2/c1-4-19(10-15(20)17-11(2)3)16(21)14-9-12-7-5-6-8-13(12)18-14/h5-9,11,18H,4,10H2,1-3H3,(H,17,20). The molecule has 2 aromatic rings. The minimum absolute atomic E-state index is 0.0689. The van der Waals surface area contributed by atoms with Gasteiger partial charge in [-0.05, 0) is 32.9 Å². The summed E-state index contributed by atoms with van der Waals surface area (Å²) in [5, 5.41) is 3.79. The van der Waals surface area contributed by atoms with Crippen LogP contribution in [-0.2, 0) is 4.79 Å². The van der Waals surface area contributed by atoms with E-state index in [4.69, 9.17) is 0 Å². The number of aromatic amines is 1. The number of hydrogen-bond acceptors (Lipinski definition) is 2. The third kappa shape index (κ3) is 3.62. The van der Waals surface area contributed by atoms with Crippen LogP contribution in [0.1, 0.15) is 31.3 Å². The fraction of sp³-hybridized carbons (Fsp3) is 0.375. The molecule has 1 aromatic carbocycles. The van der Waals surface area contributed by atoms with Crippen LogP contribution in [-0.4, -0.2) is 40.8 Å². The highest BCUT2D eigenvalue weighted by Gasteiger charge is 2.19. The first-order chi connectivity index (χ1) is 10.0. The lowest BCUT2D eigenvalue weighted by Crippen LogP contribution is -2.42. The van der Waals surface area contributed by atoms with Crippen molar-refractivity contribution in [3.63, 3.8) is 0 Å². The molecule has 1 aromatic heterocycles. The average molecular weight is 287 g/mol. The van der Waals surface area contributed by atoms with E-state index < -0.39 is 0 Å². The molecular formula is C16H21N3O2. The Kier molecular flexibility index (Phi) is 4.62. The molecule has 0 radical (unpaired) electrons. The minimum atomic E-state index is -0.160. The number of rotatable bonds is 5. The van der Waals surface area contributed by atoms with Crippen LogP contribution >= 0.6 is 0 Å². The van der Waals surface area contributed by atoms with Crippen LogP contribution in [0.4, 0.5) is 0 Å². The predicted octanol–water partition coefficient (Wildman–Crippen LogP) is 2.15. The van der Waals surface area contributed by atoms with Crippen molar-refractivity contribution in [1.29, 1.82) is 0 Å². The molecule has 0 bridgehead atoms. The molecule has 21 heavy (non-hydrogen) atoms. The molecule has 0 aliphatic rings. The Labute approximate surface area is 124 Å². The maximum absolute atomic E-state index is 12.5. The highest BCUT2D eigenvalue weighted by atomic mass is 16.2. The van der Waals surface area contributed by atoms with Gasteiger partial charge >= 0.3 is 0 Å². The Morgan fingerprint density at radius 2 is 2.00 bits per heavy atom. The number of nitrogens with zero attached hydrogens (tertiary/aromatic N) is 1. The normalized spacial score (nSPS) is 10.9. The van der Waals surface area contributed by atoms with Gasteiger partial charge in [-0.1, -0.05) is 18.2 Å². The monoisotopic (exact) mass is 287 g/mol. The van der Waals surface area contributed by atoms with E-state index in [2.05, 4.69) is 10.3 Å². The molecule has 1 heterocycles. The molecule has 2 amide bonds. The van der Waals surface area contributed by atoms with Crippen molar-refractivity contribution >= 4 is 22.7 Å². The Morgan fingerprint density at radius 1 is 1.29 bits per heavy atom. The first-order valence-corrected chi connectivity index (χ1v) is 7.17. The van der Waals surface area contributed by atoms with E-state index >= 15 is 0 Å². The Balaban J connectivity index is 2.14. The zero-order valence-corrected chi connectivity index (χ0v) is 12.6. The highest BCUT2D eigenvalue weighted by Crippen LogP contribution is 2.15. The molecule has 2 N–H and O–H groups in total. The van der Waals surface area contributed by atoms with Gasteiger partial charge < -0.3 is 15.2 Å². The lowest BCUT2D eigenvalue weighted by molar-refractivity contribution is -0.122. The highest BCUT2D eigenvalue weighted by molar-refractivity contribution is 5.99. The third-order valence-electron chi connectivity index (χ3n) is 3.21. The molecule has 0 aliphatic heterocycles. The van der Waals surface area contributed by atoms with Crippen LogP contribution in [0.25, 0.3) is 10.9 Å². The van der Waals surface area contributed by atoms with Crippen molar-refractivity contribution in [1.82, 2.24) is 15.2 Å². The van der Waals surface area contributed by atoms with Crippen molar-refractivity contribution < 1.29 is 9.59 Å². The fourth-order valence-corrected chi connectivity index (χ4v) is 2.23. The zero-order chi connectivity index (χ0) is 15.4. The SMILES string of the molecule is CCN(CC(=O)NC(C)C)C(=O)c1cc2ccccc2[nH]1. The lowest BCUT2D eigenvalue weighted by Gasteiger charge is -2.20. The summed E-state index contributed by atoms with van der Waals surface area (Å²) in [5.74, 6) is -0.302. The van der Waals surface area contributed by atoms with Crippen LogP contribution in [0, 0.1) is 0 Å². The molecule has 112 valence electrons. The summed E-state index contributed by atoms with van der Waals surface area (Å²) in [6.45, 7) is 6.22. The minimum Gasteiger partial charge on any atom is -0.352 e. The number of nitrogens with one attached hydrogen (secondary N) is 2. The van der Waals surface area contributed by atoms with Crippen LogP contribution in [0.15, 0.2) is 30.3 Å². The van der Waals surface area contributed by atoms with Gasteiger partial charge in [-0.25, -0.2) is 0 Å². The van der Waals surface area contributed by atoms with Gasteiger partial charge in [0, 0.05) is 23.5 Å². The van der Waals surface area contributed by atoms with Gasteiger partial charge in [-0.3, -0.25) is 9.59 Å². The fourth-order valence-electron chi connectivity index (χ4n) is 2.23. The molecule has 2 rings (SSSR count). The van der Waals surface area contributed by atoms with E-state index in [9.17, 15) is 9.59 Å². The predicted molar refractivity (Wildman–Crippen MR) is 83.2 cm³/mol. The van der Waals surface area contributed by atoms with E-state index in [-0.39, 0.29) is 24.4 Å². The van der Waals surface area contributed by atoms with Gasteiger partial charge in [-0.15, -0.1) is 0 Å². The van der Waals surface area contributed by atoms with Gasteiger partial charge in [0.1, 0.15) is 5.69 Å². The van der Waals surface area contributed by atoms with Crippen molar-refractivity contribution in [3.05, 3.63) is 36.0 Å². The second-order valence-electron chi connectivity index (χ2n) is 5.31. The number of carbonyl (C=O) groups is 2. The molecule has 0 fully saturated rings. The topological polar surface area (TPSA) is 65.2 Å². The van der Waals surface area contributed by atoms with E-state index in [0.29, 0.717) is 12.2 Å². The number of hydrogen-bond donors (Lipinski definition) is 2. The van der Waals surface area contributed by atoms with Gasteiger partial charge in [0.25, 0.3) is 5.91 Å². The Bertz CT molecular complexity index is 613. The maximum atomic E-state index is 12.5. The smallest absolute Gasteiger partial charge is 0.270 e. The van der Waals surface area contributed by atoms with Crippen molar-refractivity contribution in [2.75, 3.05) is 13.1 Å². The number of para-hydroxylation sites is 1. The van der Waals surface area contributed by atoms with Gasteiger partial charge in [0.05, 0.1) is 6.54 Å². The zero-order valence-electron chi connectivity index (χ0n) is 12.6. The largest absolute Gasteiger partial charge is 0.352 e. The summed E-state index contributed by atoms with van der Waals surface area (Å²) in [7, 11) is 0. The number of likely N-dealkylation sites (N-methyl/N-ethyl adjacent to an activating group) is 1. The van der Waals surface area contributed by atoms with Gasteiger partial charge in [0.2, 0.25) is 5.91 Å². The molecule has 0 saturated heterocycles. The molecule has 5 heteroatoms. The number of aromatic nitrogens is 1. The summed E-state index contributed by atoms with van der Waals surface area (Å²) in [6.07, 6.45) is 0. The van der Waals surface area contributed by atoms with Gasteiger partial charge in [0.15, 0.2) is 0 Å². The van der Waals surface area contributed by atoms with Crippen LogP contribution in [0.2, 0.25) is 0 Å². The summed E-state index contributed by atoms with van der Waals surface area (Å²) in [6, 6.07) is 9.61. The number of benzene rings is 1. The number of fused-ring (bicyclic) bond motifs is 1. The molecule has 0 spiro atoms. The number of amides is 2. The van der Waals surface area contributed by atoms with Crippen LogP contribution in [0.5, 0.6) is 0 Å². The average Bonchev–Trinajstić information content (AvgIpc) is 2.87. The molecule has 0 saturated carbocycles. The summed E-state index contributed by atoms with van der Waals surface area (Å²) in [4.78, 5) is 28.9. The summed E-state index contributed by atoms with van der Waals surface area (Å²) in [5.41, 5.74) is 1.43. The van der Waals surface area contributed by atoms with Crippen molar-refractivity contribution in [2.24, 2.45) is 0 Å². The second kappa shape index (κ2) is 6.43. The first-order valence-electron chi connectivity index (χ1n) is 7.17. The van der Waals surface area contributed by atoms with E-state index in [1.807, 2.05) is 51.1 Å². The number of H-pyrrole nitrogens is 1. The third-order valence-corrected chi connectivity index (χ3v) is 3.21. The van der Waals surface area contributed by atoms with Crippen molar-refractivity contribution in [2.45, 2.75) is 26.8 Å². The summed E-state index contributed by atoms with van der Waals surface area (Å²) >= 11 is 0. The molecule has 0 atom stereocenters.